The molecule has 2 rings (SSSR count). The molecule has 0 spiro atoms. The van der Waals surface area contributed by atoms with E-state index in [-0.39, 0.29) is 0 Å². The predicted molar refractivity (Wildman–Crippen MR) is 62.6 cm³/mol. The molecule has 2 aromatic rings. The second-order valence-electron chi connectivity index (χ2n) is 3.44. The number of benzene rings is 1. The molecule has 16 heavy (non-hydrogen) atoms. The van der Waals surface area contributed by atoms with Crippen LogP contribution in [0.1, 0.15) is 5.56 Å². The van der Waals surface area contributed by atoms with Crippen molar-refractivity contribution in [1.29, 1.82) is 0 Å². The zero-order valence-electron chi connectivity index (χ0n) is 8.76. The molecule has 3 nitrogen and oxygen atoms in total. The largest absolute Gasteiger partial charge is 0.355 e. The number of pyridine rings is 1. The van der Waals surface area contributed by atoms with Crippen LogP contribution in [0.5, 0.6) is 0 Å². The van der Waals surface area contributed by atoms with Gasteiger partial charge in [0.1, 0.15) is 0 Å². The normalized spacial score (nSPS) is 9.75. The first-order valence-corrected chi connectivity index (χ1v) is 5.06. The molecule has 0 aliphatic rings. The molecule has 80 valence electrons. The summed E-state index contributed by atoms with van der Waals surface area (Å²) in [6.07, 6.45) is 4.28. The second kappa shape index (κ2) is 5.07. The van der Waals surface area contributed by atoms with Crippen molar-refractivity contribution >= 4 is 6.41 Å². The number of rotatable bonds is 4. The van der Waals surface area contributed by atoms with Gasteiger partial charge in [-0.3, -0.25) is 9.78 Å². The number of hydrogen-bond acceptors (Lipinski definition) is 2. The number of hydrogen-bond donors (Lipinski definition) is 1. The van der Waals surface area contributed by atoms with Gasteiger partial charge in [-0.2, -0.15) is 0 Å². The molecule has 1 heterocycles. The summed E-state index contributed by atoms with van der Waals surface area (Å²) in [5.41, 5.74) is 3.27. The third-order valence-corrected chi connectivity index (χ3v) is 2.31. The number of aromatic nitrogens is 1. The highest BCUT2D eigenvalue weighted by molar-refractivity contribution is 5.63. The van der Waals surface area contributed by atoms with Crippen molar-refractivity contribution in [1.82, 2.24) is 10.3 Å². The summed E-state index contributed by atoms with van der Waals surface area (Å²) in [6, 6.07) is 12.0. The van der Waals surface area contributed by atoms with Crippen LogP contribution in [0.3, 0.4) is 0 Å². The van der Waals surface area contributed by atoms with Gasteiger partial charge in [-0.05, 0) is 28.8 Å². The lowest BCUT2D eigenvalue weighted by atomic mass is 10.1. The van der Waals surface area contributed by atoms with Crippen molar-refractivity contribution in [2.45, 2.75) is 6.54 Å². The van der Waals surface area contributed by atoms with E-state index in [2.05, 4.69) is 10.3 Å². The van der Waals surface area contributed by atoms with Crippen molar-refractivity contribution in [2.24, 2.45) is 0 Å². The molecule has 1 aromatic heterocycles. The Morgan fingerprint density at radius 2 is 2.06 bits per heavy atom. The van der Waals surface area contributed by atoms with Gasteiger partial charge in [0.2, 0.25) is 6.41 Å². The molecule has 0 saturated heterocycles. The summed E-state index contributed by atoms with van der Waals surface area (Å²) in [7, 11) is 0. The highest BCUT2D eigenvalue weighted by Crippen LogP contribution is 2.18. The molecule has 0 fully saturated rings. The average Bonchev–Trinajstić information content (AvgIpc) is 2.38. The van der Waals surface area contributed by atoms with Gasteiger partial charge in [-0.25, -0.2) is 0 Å². The van der Waals surface area contributed by atoms with E-state index in [9.17, 15) is 4.79 Å². The Kier molecular flexibility index (Phi) is 3.28. The van der Waals surface area contributed by atoms with Gasteiger partial charge < -0.3 is 5.32 Å². The summed E-state index contributed by atoms with van der Waals surface area (Å²) >= 11 is 0. The number of carbonyl (C=O) groups is 1. The predicted octanol–water partition coefficient (Wildman–Crippen LogP) is 1.99. The Bertz CT molecular complexity index is 468. The molecule has 1 amide bonds. The molecular weight excluding hydrogens is 200 g/mol. The van der Waals surface area contributed by atoms with Gasteiger partial charge >= 0.3 is 0 Å². The minimum Gasteiger partial charge on any atom is -0.355 e. The molecule has 0 saturated carbocycles. The van der Waals surface area contributed by atoms with Gasteiger partial charge in [-0.15, -0.1) is 0 Å². The number of nitrogens with one attached hydrogen (secondary N) is 1. The Hall–Kier alpha value is -2.16. The topological polar surface area (TPSA) is 42.0 Å². The van der Waals surface area contributed by atoms with Crippen LogP contribution < -0.4 is 5.32 Å². The second-order valence-corrected chi connectivity index (χ2v) is 3.44. The molecule has 3 heteroatoms. The molecule has 1 aromatic carbocycles. The Morgan fingerprint density at radius 1 is 1.19 bits per heavy atom. The van der Waals surface area contributed by atoms with Crippen molar-refractivity contribution < 1.29 is 4.79 Å². The number of carbonyl (C=O) groups excluding carboxylic acids is 1. The van der Waals surface area contributed by atoms with Crippen LogP contribution in [-0.2, 0) is 11.3 Å². The molecule has 0 unspecified atom stereocenters. The zero-order chi connectivity index (χ0) is 11.2. The van der Waals surface area contributed by atoms with Crippen LogP contribution in [0.4, 0.5) is 0 Å². The first-order valence-electron chi connectivity index (χ1n) is 5.06. The number of amides is 1. The van der Waals surface area contributed by atoms with Crippen LogP contribution >= 0.6 is 0 Å². The van der Waals surface area contributed by atoms with E-state index in [0.717, 1.165) is 16.7 Å². The van der Waals surface area contributed by atoms with Crippen molar-refractivity contribution in [3.63, 3.8) is 0 Å². The molecule has 0 atom stereocenters. The van der Waals surface area contributed by atoms with E-state index in [1.54, 1.807) is 6.20 Å². The summed E-state index contributed by atoms with van der Waals surface area (Å²) in [5.74, 6) is 0. The quantitative estimate of drug-likeness (QED) is 0.787. The highest BCUT2D eigenvalue weighted by atomic mass is 16.1. The first-order chi connectivity index (χ1) is 7.90. The van der Waals surface area contributed by atoms with Crippen molar-refractivity contribution in [2.75, 3.05) is 0 Å². The third kappa shape index (κ3) is 2.45. The number of nitrogens with zero attached hydrogens (tertiary/aromatic N) is 1. The highest BCUT2D eigenvalue weighted by Gasteiger charge is 1.98. The zero-order valence-corrected chi connectivity index (χ0v) is 8.76. The van der Waals surface area contributed by atoms with Crippen molar-refractivity contribution in [3.05, 3.63) is 54.4 Å². The molecule has 0 aliphatic heterocycles. The maximum Gasteiger partial charge on any atom is 0.207 e. The fourth-order valence-corrected chi connectivity index (χ4v) is 1.55. The van der Waals surface area contributed by atoms with Crippen molar-refractivity contribution in [3.8, 4) is 11.1 Å². The van der Waals surface area contributed by atoms with E-state index in [4.69, 9.17) is 0 Å². The summed E-state index contributed by atoms with van der Waals surface area (Å²) in [5, 5.41) is 2.65. The van der Waals surface area contributed by atoms with Gasteiger partial charge in [-0.1, -0.05) is 24.3 Å². The summed E-state index contributed by atoms with van der Waals surface area (Å²) in [6.45, 7) is 0.553. The first kappa shape index (κ1) is 10.4. The van der Waals surface area contributed by atoms with Gasteiger partial charge in [0, 0.05) is 18.9 Å². The van der Waals surface area contributed by atoms with E-state index in [1.165, 1.54) is 0 Å². The van der Waals surface area contributed by atoms with Crippen LogP contribution in [0.25, 0.3) is 11.1 Å². The lowest BCUT2D eigenvalue weighted by Crippen LogP contribution is -2.09. The molecule has 0 radical (unpaired) electrons. The third-order valence-electron chi connectivity index (χ3n) is 2.31. The molecule has 0 aliphatic carbocycles. The average molecular weight is 212 g/mol. The molecule has 0 bridgehead atoms. The van der Waals surface area contributed by atoms with Gasteiger partial charge in [0.15, 0.2) is 0 Å². The van der Waals surface area contributed by atoms with Crippen LogP contribution in [-0.4, -0.2) is 11.4 Å². The fraction of sp³-hybridized carbons (Fsp3) is 0.0769. The van der Waals surface area contributed by atoms with Gasteiger partial charge in [0.25, 0.3) is 0 Å². The minimum atomic E-state index is 0.553. The Labute approximate surface area is 94.1 Å². The standard InChI is InChI=1S/C13H12N2O/c16-10-15-8-11-3-1-4-12(7-11)13-5-2-6-14-9-13/h1-7,9-10H,8H2,(H,15,16). The van der Waals surface area contributed by atoms with Gasteiger partial charge in [0.05, 0.1) is 0 Å². The van der Waals surface area contributed by atoms with Crippen LogP contribution in [0, 0.1) is 0 Å². The monoisotopic (exact) mass is 212 g/mol. The Balaban J connectivity index is 2.25. The van der Waals surface area contributed by atoms with E-state index in [0.29, 0.717) is 13.0 Å². The smallest absolute Gasteiger partial charge is 0.207 e. The maximum atomic E-state index is 10.2. The summed E-state index contributed by atoms with van der Waals surface area (Å²) < 4.78 is 0. The van der Waals surface area contributed by atoms with Crippen LogP contribution in [0.2, 0.25) is 0 Å². The SMILES string of the molecule is O=CNCc1cccc(-c2cccnc2)c1. The fourth-order valence-electron chi connectivity index (χ4n) is 1.55. The van der Waals surface area contributed by atoms with E-state index >= 15 is 0 Å². The summed E-state index contributed by atoms with van der Waals surface area (Å²) in [4.78, 5) is 14.3. The van der Waals surface area contributed by atoms with E-state index < -0.39 is 0 Å². The Morgan fingerprint density at radius 3 is 2.81 bits per heavy atom. The van der Waals surface area contributed by atoms with E-state index in [1.807, 2.05) is 42.6 Å². The lowest BCUT2D eigenvalue weighted by Gasteiger charge is -2.04. The molecule has 1 N–H and O–H groups in total. The minimum absolute atomic E-state index is 0.553. The lowest BCUT2D eigenvalue weighted by molar-refractivity contribution is -0.109. The maximum absolute atomic E-state index is 10.2. The van der Waals surface area contributed by atoms with Crippen LogP contribution in [0.15, 0.2) is 48.8 Å². The molecular formula is C13H12N2O.